The van der Waals surface area contributed by atoms with E-state index in [1.54, 1.807) is 24.7 Å². The predicted molar refractivity (Wildman–Crippen MR) is 266 cm³/mol. The molecular weight excluding hydrogens is 864 g/mol. The Morgan fingerprint density at radius 3 is 1.81 bits per heavy atom. The molecule has 0 bridgehead atoms. The van der Waals surface area contributed by atoms with E-state index in [1.807, 2.05) is 79.0 Å². The van der Waals surface area contributed by atoms with Crippen LogP contribution in [0.2, 0.25) is 5.15 Å². The Morgan fingerprint density at radius 1 is 0.597 bits per heavy atom. The molecule has 0 amide bonds. The molecule has 0 radical (unpaired) electrons. The van der Waals surface area contributed by atoms with Gasteiger partial charge in [0.25, 0.3) is 11.1 Å². The van der Waals surface area contributed by atoms with Crippen molar-refractivity contribution in [2.45, 2.75) is 37.5 Å². The highest BCUT2D eigenvalue weighted by Crippen LogP contribution is 2.33. The number of piperidine rings is 2. The summed E-state index contributed by atoms with van der Waals surface area (Å²) in [6.07, 6.45) is 11.4. The second kappa shape index (κ2) is 19.7. The lowest BCUT2D eigenvalue weighted by atomic mass is 9.90. The fourth-order valence-corrected chi connectivity index (χ4v) is 9.03. The number of aromatic amines is 4. The number of nitrogens with zero attached hydrogens (tertiary/aromatic N) is 7. The molecule has 7 N–H and O–H groups in total. The van der Waals surface area contributed by atoms with Crippen molar-refractivity contribution >= 4 is 84.6 Å². The number of nitrogens with one attached hydrogen (secondary N) is 7. The minimum atomic E-state index is -0.150. The van der Waals surface area contributed by atoms with Gasteiger partial charge < -0.3 is 30.8 Å². The molecule has 4 aromatic carbocycles. The minimum Gasteiger partial charge on any atom is -0.355 e. The molecule has 0 saturated carbocycles. The number of hydrogen-bond acceptors (Lipinski definition) is 12. The summed E-state index contributed by atoms with van der Waals surface area (Å²) in [5, 5.41) is 13.6. The van der Waals surface area contributed by atoms with Crippen LogP contribution < -0.4 is 32.0 Å². The van der Waals surface area contributed by atoms with Crippen LogP contribution in [-0.4, -0.2) is 76.0 Å². The van der Waals surface area contributed by atoms with Gasteiger partial charge in [0.1, 0.15) is 34.9 Å². The topological polar surface area (TPSA) is 214 Å². The number of H-pyrrole nitrogens is 4. The Balaban J connectivity index is 0.000000134. The third-order valence-electron chi connectivity index (χ3n) is 12.1. The van der Waals surface area contributed by atoms with Gasteiger partial charge in [0.05, 0.1) is 32.6 Å². The molecule has 0 aliphatic carbocycles. The van der Waals surface area contributed by atoms with Gasteiger partial charge in [0, 0.05) is 49.3 Å². The first kappa shape index (κ1) is 43.0. The third kappa shape index (κ3) is 9.85. The highest BCUT2D eigenvalue weighted by atomic mass is 35.5. The molecule has 0 spiro atoms. The first-order valence-electron chi connectivity index (χ1n) is 22.3. The van der Waals surface area contributed by atoms with E-state index in [1.165, 1.54) is 30.3 Å². The molecule has 8 heterocycles. The summed E-state index contributed by atoms with van der Waals surface area (Å²) in [4.78, 5) is 64.4. The Hall–Kier alpha value is -7.95. The summed E-state index contributed by atoms with van der Waals surface area (Å²) in [7, 11) is 0. The number of halogens is 1. The number of anilines is 5. The summed E-state index contributed by atoms with van der Waals surface area (Å²) in [6, 6.07) is 35.3. The van der Waals surface area contributed by atoms with Crippen molar-refractivity contribution in [3.63, 3.8) is 0 Å². The maximum absolute atomic E-state index is 12.4. The van der Waals surface area contributed by atoms with Crippen LogP contribution in [0.15, 0.2) is 144 Å². The van der Waals surface area contributed by atoms with Crippen molar-refractivity contribution in [1.82, 2.24) is 55.2 Å². The zero-order valence-electron chi connectivity index (χ0n) is 36.3. The molecule has 2 saturated heterocycles. The average molecular weight is 911 g/mol. The SMILES string of the molecule is Clc1ncnc2[nH]ccc12.O=c1[nH]c(Nc2cccc(C3CCCN(c4ncnc5[nH]ccc45)C3)c2)nc2ccccc12.O=c1[nH]c(Nc2cccc(C3CCCNC3)c2)nc2ccccc12. The number of benzene rings is 4. The van der Waals surface area contributed by atoms with Crippen molar-refractivity contribution in [3.8, 4) is 0 Å². The van der Waals surface area contributed by atoms with Crippen molar-refractivity contribution < 1.29 is 0 Å². The van der Waals surface area contributed by atoms with Crippen molar-refractivity contribution in [2.24, 2.45) is 0 Å². The number of fused-ring (bicyclic) bond motifs is 4. The van der Waals surface area contributed by atoms with E-state index in [9.17, 15) is 9.59 Å². The first-order valence-corrected chi connectivity index (χ1v) is 22.7. The maximum atomic E-state index is 12.4. The van der Waals surface area contributed by atoms with E-state index in [4.69, 9.17) is 11.6 Å². The summed E-state index contributed by atoms with van der Waals surface area (Å²) >= 11 is 5.73. The van der Waals surface area contributed by atoms with Crippen LogP contribution in [0.5, 0.6) is 0 Å². The van der Waals surface area contributed by atoms with Crippen molar-refractivity contribution in [1.29, 1.82) is 0 Å². The van der Waals surface area contributed by atoms with E-state index in [2.05, 4.69) is 95.0 Å². The molecule has 17 heteroatoms. The van der Waals surface area contributed by atoms with Gasteiger partial charge in [-0.05, 0) is 110 Å². The molecule has 16 nitrogen and oxygen atoms in total. The van der Waals surface area contributed by atoms with Gasteiger partial charge in [-0.1, -0.05) is 60.1 Å². The van der Waals surface area contributed by atoms with Crippen molar-refractivity contribution in [3.05, 3.63) is 171 Å². The quantitative estimate of drug-likeness (QED) is 0.0746. The highest BCUT2D eigenvalue weighted by Gasteiger charge is 2.24. The van der Waals surface area contributed by atoms with E-state index in [0.29, 0.717) is 50.7 Å². The predicted octanol–water partition coefficient (Wildman–Crippen LogP) is 9.07. The van der Waals surface area contributed by atoms with Gasteiger partial charge in [-0.2, -0.15) is 0 Å². The first-order chi connectivity index (χ1) is 32.9. The Morgan fingerprint density at radius 2 is 1.18 bits per heavy atom. The van der Waals surface area contributed by atoms with E-state index in [-0.39, 0.29) is 11.1 Å². The number of hydrogen-bond donors (Lipinski definition) is 7. The lowest BCUT2D eigenvalue weighted by Crippen LogP contribution is -2.35. The second-order valence-corrected chi connectivity index (χ2v) is 16.9. The standard InChI is InChI=1S/C25H23N7O.C19H20N4O.C6H4ClN3/c33-24-19-8-1-2-9-21(19)30-25(31-24)29-18-7-3-5-16(13-18)17-6-4-12-32(14-17)23-20-10-11-26-22(20)27-15-28-23;24-18-16-8-1-2-9-17(16)22-19(23-18)21-15-7-3-5-13(11-15)14-6-4-10-20-12-14;7-5-4-1-2-8-6(4)10-3-9-5/h1-3,5,7-11,13,15,17H,4,6,12,14H2,(H,26,27,28)(H2,29,30,31,33);1-3,5,7-9,11,14,20H,4,6,10,12H2,(H2,21,22,23,24);1-3H,(H,8,9,10). The van der Waals surface area contributed by atoms with Crippen LogP contribution in [0.1, 0.15) is 48.6 Å². The number of aromatic nitrogens is 10. The van der Waals surface area contributed by atoms with Crippen LogP contribution in [0.4, 0.5) is 29.1 Å². The van der Waals surface area contributed by atoms with Gasteiger partial charge in [-0.25, -0.2) is 29.9 Å². The molecule has 2 aliphatic rings. The van der Waals surface area contributed by atoms with Crippen LogP contribution in [0, 0.1) is 0 Å². The molecule has 6 aromatic heterocycles. The maximum Gasteiger partial charge on any atom is 0.260 e. The second-order valence-electron chi connectivity index (χ2n) is 16.5. The number of rotatable bonds is 7. The van der Waals surface area contributed by atoms with Crippen LogP contribution in [0.25, 0.3) is 43.9 Å². The summed E-state index contributed by atoms with van der Waals surface area (Å²) < 4.78 is 0. The minimum absolute atomic E-state index is 0.129. The monoisotopic (exact) mass is 910 g/mol. The van der Waals surface area contributed by atoms with E-state index >= 15 is 0 Å². The Kier molecular flexibility index (Phi) is 12.6. The van der Waals surface area contributed by atoms with Gasteiger partial charge in [0.15, 0.2) is 0 Å². The van der Waals surface area contributed by atoms with Gasteiger partial charge in [-0.15, -0.1) is 0 Å². The van der Waals surface area contributed by atoms with Crippen LogP contribution in [-0.2, 0) is 0 Å². The molecule has 67 heavy (non-hydrogen) atoms. The molecule has 336 valence electrons. The molecule has 10 aromatic rings. The van der Waals surface area contributed by atoms with Gasteiger partial charge in [0.2, 0.25) is 11.9 Å². The fraction of sp³-hybridized carbons (Fsp3) is 0.200. The zero-order chi connectivity index (χ0) is 45.5. The number of para-hydroxylation sites is 2. The fourth-order valence-electron chi connectivity index (χ4n) is 8.83. The Bertz CT molecular complexity index is 3430. The summed E-state index contributed by atoms with van der Waals surface area (Å²) in [6.45, 7) is 4.00. The van der Waals surface area contributed by atoms with E-state index < -0.39 is 0 Å². The largest absolute Gasteiger partial charge is 0.355 e. The van der Waals surface area contributed by atoms with E-state index in [0.717, 1.165) is 78.3 Å². The molecule has 2 unspecified atom stereocenters. The smallest absolute Gasteiger partial charge is 0.260 e. The molecule has 2 atom stereocenters. The summed E-state index contributed by atoms with van der Waals surface area (Å²) in [5.74, 6) is 2.82. The molecule has 2 aliphatic heterocycles. The average Bonchev–Trinajstić information content (AvgIpc) is 4.07. The molecule has 12 rings (SSSR count). The summed E-state index contributed by atoms with van der Waals surface area (Å²) in [5.41, 5.74) is 7.14. The highest BCUT2D eigenvalue weighted by molar-refractivity contribution is 6.33. The third-order valence-corrected chi connectivity index (χ3v) is 12.4. The van der Waals surface area contributed by atoms with Gasteiger partial charge in [-0.3, -0.25) is 19.6 Å². The molecular formula is C50H47ClN14O2. The Labute approximate surface area is 388 Å². The molecule has 2 fully saturated rings. The lowest BCUT2D eigenvalue weighted by molar-refractivity contribution is 0.462. The van der Waals surface area contributed by atoms with Crippen molar-refractivity contribution in [2.75, 3.05) is 41.7 Å². The van der Waals surface area contributed by atoms with Gasteiger partial charge >= 0.3 is 0 Å². The van der Waals surface area contributed by atoms with Crippen LogP contribution in [0.3, 0.4) is 0 Å². The lowest BCUT2D eigenvalue weighted by Gasteiger charge is -2.34. The normalized spacial score (nSPS) is 16.0. The van der Waals surface area contributed by atoms with Crippen LogP contribution >= 0.6 is 11.6 Å². The zero-order valence-corrected chi connectivity index (χ0v) is 37.1.